The van der Waals surface area contributed by atoms with Gasteiger partial charge in [-0.15, -0.1) is 0 Å². The van der Waals surface area contributed by atoms with Gasteiger partial charge in [0.2, 0.25) is 0 Å². The zero-order valence-electron chi connectivity index (χ0n) is 10.4. The monoisotopic (exact) mass is 219 g/mol. The van der Waals surface area contributed by atoms with E-state index in [0.717, 1.165) is 25.2 Å². The van der Waals surface area contributed by atoms with Crippen LogP contribution in [0.25, 0.3) is 0 Å². The van der Waals surface area contributed by atoms with Crippen molar-refractivity contribution >= 4 is 11.6 Å². The van der Waals surface area contributed by atoms with Gasteiger partial charge in [-0.3, -0.25) is 4.99 Å². The predicted octanol–water partition coefficient (Wildman–Crippen LogP) is 2.55. The molecule has 0 heterocycles. The molecule has 0 aliphatic rings. The van der Waals surface area contributed by atoms with Gasteiger partial charge in [0.1, 0.15) is 0 Å². The highest BCUT2D eigenvalue weighted by atomic mass is 15.2. The average Bonchev–Trinajstić information content (AvgIpc) is 2.30. The summed E-state index contributed by atoms with van der Waals surface area (Å²) in [5.74, 6) is 0.605. The van der Waals surface area contributed by atoms with Crippen molar-refractivity contribution in [1.29, 1.82) is 0 Å². The Kier molecular flexibility index (Phi) is 4.83. The van der Waals surface area contributed by atoms with Gasteiger partial charge in [0.25, 0.3) is 0 Å². The Bertz CT molecular complexity index is 341. The SMILES string of the molecule is CCCN=C(N)N(CC)c1ccc(C)cc1. The number of hydrogen-bond acceptors (Lipinski definition) is 1. The van der Waals surface area contributed by atoms with Crippen molar-refractivity contribution in [2.45, 2.75) is 27.2 Å². The highest BCUT2D eigenvalue weighted by molar-refractivity contribution is 5.94. The second-order valence-electron chi connectivity index (χ2n) is 3.82. The van der Waals surface area contributed by atoms with Gasteiger partial charge in [0.15, 0.2) is 5.96 Å². The van der Waals surface area contributed by atoms with E-state index in [9.17, 15) is 0 Å². The van der Waals surface area contributed by atoms with Crippen LogP contribution in [0.2, 0.25) is 0 Å². The number of benzene rings is 1. The Morgan fingerprint density at radius 1 is 1.25 bits per heavy atom. The fraction of sp³-hybridized carbons (Fsp3) is 0.462. The summed E-state index contributed by atoms with van der Waals surface area (Å²) < 4.78 is 0. The lowest BCUT2D eigenvalue weighted by atomic mass is 10.2. The summed E-state index contributed by atoms with van der Waals surface area (Å²) in [6, 6.07) is 8.33. The summed E-state index contributed by atoms with van der Waals surface area (Å²) in [7, 11) is 0. The van der Waals surface area contributed by atoms with E-state index in [-0.39, 0.29) is 0 Å². The topological polar surface area (TPSA) is 41.6 Å². The molecule has 0 spiro atoms. The maximum atomic E-state index is 5.96. The zero-order valence-corrected chi connectivity index (χ0v) is 10.4. The predicted molar refractivity (Wildman–Crippen MR) is 71.0 cm³/mol. The van der Waals surface area contributed by atoms with Gasteiger partial charge in [-0.1, -0.05) is 24.6 Å². The number of nitrogens with zero attached hydrogens (tertiary/aromatic N) is 2. The third kappa shape index (κ3) is 3.26. The Morgan fingerprint density at radius 2 is 1.88 bits per heavy atom. The van der Waals surface area contributed by atoms with Crippen LogP contribution in [0.15, 0.2) is 29.3 Å². The van der Waals surface area contributed by atoms with Crippen LogP contribution in [0, 0.1) is 6.92 Å². The maximum Gasteiger partial charge on any atom is 0.195 e. The van der Waals surface area contributed by atoms with Gasteiger partial charge in [-0.05, 0) is 32.4 Å². The maximum absolute atomic E-state index is 5.96. The lowest BCUT2D eigenvalue weighted by Crippen LogP contribution is -2.37. The van der Waals surface area contributed by atoms with Crippen LogP contribution in [-0.4, -0.2) is 19.0 Å². The van der Waals surface area contributed by atoms with E-state index in [0.29, 0.717) is 5.96 Å². The van der Waals surface area contributed by atoms with Gasteiger partial charge >= 0.3 is 0 Å². The van der Waals surface area contributed by atoms with Crippen LogP contribution >= 0.6 is 0 Å². The quantitative estimate of drug-likeness (QED) is 0.624. The molecule has 16 heavy (non-hydrogen) atoms. The fourth-order valence-electron chi connectivity index (χ4n) is 1.51. The van der Waals surface area contributed by atoms with Gasteiger partial charge in [0.05, 0.1) is 0 Å². The number of guanidine groups is 1. The van der Waals surface area contributed by atoms with Crippen molar-refractivity contribution < 1.29 is 0 Å². The molecule has 88 valence electrons. The van der Waals surface area contributed by atoms with Crippen LogP contribution in [0.4, 0.5) is 5.69 Å². The molecule has 0 unspecified atom stereocenters. The molecule has 1 aromatic rings. The van der Waals surface area contributed by atoms with E-state index < -0.39 is 0 Å². The number of hydrogen-bond donors (Lipinski definition) is 1. The van der Waals surface area contributed by atoms with E-state index in [1.54, 1.807) is 0 Å². The molecule has 0 aliphatic heterocycles. The van der Waals surface area contributed by atoms with Crippen LogP contribution in [0.1, 0.15) is 25.8 Å². The first kappa shape index (κ1) is 12.6. The summed E-state index contributed by atoms with van der Waals surface area (Å²) in [6.07, 6.45) is 1.02. The number of anilines is 1. The highest BCUT2D eigenvalue weighted by Gasteiger charge is 2.07. The second-order valence-corrected chi connectivity index (χ2v) is 3.82. The van der Waals surface area contributed by atoms with E-state index >= 15 is 0 Å². The molecule has 0 aliphatic carbocycles. The van der Waals surface area contributed by atoms with Crippen molar-refractivity contribution in [3.8, 4) is 0 Å². The summed E-state index contributed by atoms with van der Waals surface area (Å²) in [5.41, 5.74) is 8.32. The Balaban J connectivity index is 2.85. The summed E-state index contributed by atoms with van der Waals surface area (Å²) in [4.78, 5) is 6.36. The number of aryl methyl sites for hydroxylation is 1. The van der Waals surface area contributed by atoms with E-state index in [1.807, 2.05) is 4.90 Å². The average molecular weight is 219 g/mol. The van der Waals surface area contributed by atoms with Gasteiger partial charge < -0.3 is 10.6 Å². The van der Waals surface area contributed by atoms with E-state index in [2.05, 4.69) is 50.0 Å². The summed E-state index contributed by atoms with van der Waals surface area (Å²) >= 11 is 0. The largest absolute Gasteiger partial charge is 0.370 e. The molecule has 0 saturated carbocycles. The molecule has 0 fully saturated rings. The second kappa shape index (κ2) is 6.16. The third-order valence-corrected chi connectivity index (χ3v) is 2.44. The lowest BCUT2D eigenvalue weighted by Gasteiger charge is -2.22. The first-order chi connectivity index (χ1) is 7.69. The molecule has 0 saturated heterocycles. The molecule has 0 radical (unpaired) electrons. The summed E-state index contributed by atoms with van der Waals surface area (Å²) in [5, 5.41) is 0. The molecule has 1 aromatic carbocycles. The van der Waals surface area contributed by atoms with Crippen molar-refractivity contribution in [1.82, 2.24) is 0 Å². The number of nitrogens with two attached hydrogens (primary N) is 1. The standard InChI is InChI=1S/C13H21N3/c1-4-10-15-13(14)16(5-2)12-8-6-11(3)7-9-12/h6-9H,4-5,10H2,1-3H3,(H2,14,15). The van der Waals surface area contributed by atoms with Crippen LogP contribution in [0.3, 0.4) is 0 Å². The van der Waals surface area contributed by atoms with Crippen LogP contribution < -0.4 is 10.6 Å². The highest BCUT2D eigenvalue weighted by Crippen LogP contribution is 2.14. The minimum atomic E-state index is 0.605. The molecule has 1 rings (SSSR count). The molecular formula is C13H21N3. The van der Waals surface area contributed by atoms with Gasteiger partial charge in [-0.25, -0.2) is 0 Å². The van der Waals surface area contributed by atoms with E-state index in [1.165, 1.54) is 5.56 Å². The lowest BCUT2D eigenvalue weighted by molar-refractivity contribution is 0.914. The van der Waals surface area contributed by atoms with Crippen molar-refractivity contribution in [2.24, 2.45) is 10.7 Å². The van der Waals surface area contributed by atoms with Gasteiger partial charge in [-0.2, -0.15) is 0 Å². The van der Waals surface area contributed by atoms with E-state index in [4.69, 9.17) is 5.73 Å². The number of aliphatic imine (C=N–C) groups is 1. The Labute approximate surface area is 98.0 Å². The van der Waals surface area contributed by atoms with Crippen molar-refractivity contribution in [3.63, 3.8) is 0 Å². The third-order valence-electron chi connectivity index (χ3n) is 2.44. The van der Waals surface area contributed by atoms with Crippen molar-refractivity contribution in [2.75, 3.05) is 18.0 Å². The molecule has 2 N–H and O–H groups in total. The smallest absolute Gasteiger partial charge is 0.195 e. The number of rotatable bonds is 4. The zero-order chi connectivity index (χ0) is 12.0. The normalized spacial score (nSPS) is 11.6. The molecule has 3 nitrogen and oxygen atoms in total. The van der Waals surface area contributed by atoms with Crippen LogP contribution in [-0.2, 0) is 0 Å². The molecule has 0 aromatic heterocycles. The first-order valence-corrected chi connectivity index (χ1v) is 5.83. The summed E-state index contributed by atoms with van der Waals surface area (Å²) in [6.45, 7) is 7.87. The minimum Gasteiger partial charge on any atom is -0.370 e. The van der Waals surface area contributed by atoms with Crippen molar-refractivity contribution in [3.05, 3.63) is 29.8 Å². The Hall–Kier alpha value is -1.51. The molecule has 0 atom stereocenters. The molecular weight excluding hydrogens is 198 g/mol. The first-order valence-electron chi connectivity index (χ1n) is 5.83. The van der Waals surface area contributed by atoms with Crippen LogP contribution in [0.5, 0.6) is 0 Å². The molecule has 0 bridgehead atoms. The minimum absolute atomic E-state index is 0.605. The molecule has 3 heteroatoms. The fourth-order valence-corrected chi connectivity index (χ4v) is 1.51. The van der Waals surface area contributed by atoms with Gasteiger partial charge in [0, 0.05) is 18.8 Å². The molecule has 0 amide bonds. The Morgan fingerprint density at radius 3 is 2.38 bits per heavy atom.